The second kappa shape index (κ2) is 13.7. The van der Waals surface area contributed by atoms with Crippen molar-refractivity contribution in [3.8, 4) is 0 Å². The third-order valence-corrected chi connectivity index (χ3v) is 6.43. The Morgan fingerprint density at radius 2 is 1.70 bits per heavy atom. The number of likely N-dealkylation sites (tertiary alicyclic amines) is 1. The Morgan fingerprint density at radius 3 is 2.18 bits per heavy atom. The lowest BCUT2D eigenvalue weighted by atomic mass is 9.95. The van der Waals surface area contributed by atoms with Crippen LogP contribution in [0, 0.1) is 11.8 Å². The molecule has 1 aliphatic heterocycles. The highest BCUT2D eigenvalue weighted by atomic mass is 16.5. The molecule has 7 nitrogen and oxygen atoms in total. The van der Waals surface area contributed by atoms with Crippen LogP contribution in [0.2, 0.25) is 0 Å². The predicted molar refractivity (Wildman–Crippen MR) is 133 cm³/mol. The van der Waals surface area contributed by atoms with Crippen LogP contribution in [-0.2, 0) is 19.1 Å². The van der Waals surface area contributed by atoms with Crippen LogP contribution in [0.1, 0.15) is 81.6 Å². The average Bonchev–Trinajstić information content (AvgIpc) is 2.76. The first-order valence-electron chi connectivity index (χ1n) is 12.7. The molecule has 0 aromatic rings. The van der Waals surface area contributed by atoms with E-state index >= 15 is 0 Å². The van der Waals surface area contributed by atoms with Gasteiger partial charge in [-0.1, -0.05) is 40.2 Å². The van der Waals surface area contributed by atoms with Gasteiger partial charge >= 0.3 is 5.97 Å². The normalized spacial score (nSPS) is 19.5. The molecule has 190 valence electrons. The Kier molecular flexibility index (Phi) is 12.1. The van der Waals surface area contributed by atoms with E-state index in [0.717, 1.165) is 25.8 Å². The molecule has 0 aromatic heterocycles. The summed E-state index contributed by atoms with van der Waals surface area (Å²) in [5, 5.41) is 3.09. The summed E-state index contributed by atoms with van der Waals surface area (Å²) in [6, 6.07) is -0.810. The zero-order chi connectivity index (χ0) is 25.3. The highest BCUT2D eigenvalue weighted by molar-refractivity contribution is 5.91. The number of ether oxygens (including phenoxy) is 1. The fraction of sp³-hybridized carbons (Fsp3) is 0.808. The Morgan fingerprint density at radius 1 is 1.06 bits per heavy atom. The van der Waals surface area contributed by atoms with Crippen molar-refractivity contribution >= 4 is 17.8 Å². The number of nitrogens with zero attached hydrogens (tertiary/aromatic N) is 2. The first-order chi connectivity index (χ1) is 15.5. The van der Waals surface area contributed by atoms with E-state index in [1.165, 1.54) is 0 Å². The van der Waals surface area contributed by atoms with Crippen LogP contribution >= 0.6 is 0 Å². The molecular formula is C26H47N3O4. The molecule has 1 saturated heterocycles. The lowest BCUT2D eigenvalue weighted by Gasteiger charge is -2.39. The van der Waals surface area contributed by atoms with Gasteiger partial charge in [0, 0.05) is 18.2 Å². The number of carbonyl (C=O) groups is 3. The van der Waals surface area contributed by atoms with Gasteiger partial charge in [0.2, 0.25) is 11.8 Å². The smallest absolute Gasteiger partial charge is 0.333 e. The number of likely N-dealkylation sites (N-methyl/N-ethyl adjacent to an activating group) is 1. The minimum atomic E-state index is -0.620. The molecule has 1 rings (SSSR count). The van der Waals surface area contributed by atoms with E-state index in [1.807, 2.05) is 40.7 Å². The topological polar surface area (TPSA) is 79.0 Å². The SMILES string of the molecule is CCOC(=O)/C(C)=C/C(C(C)C)N(CC)C(=O)C(NC(=O)[C@H]1CCCCN1C(C)C)C(C)C. The maximum Gasteiger partial charge on any atom is 0.333 e. The summed E-state index contributed by atoms with van der Waals surface area (Å²) in [5.41, 5.74) is 0.488. The van der Waals surface area contributed by atoms with Crippen LogP contribution in [0.3, 0.4) is 0 Å². The minimum Gasteiger partial charge on any atom is -0.463 e. The molecule has 2 unspecified atom stereocenters. The Labute approximate surface area is 201 Å². The third kappa shape index (κ3) is 8.13. The summed E-state index contributed by atoms with van der Waals surface area (Å²) >= 11 is 0. The molecule has 7 heteroatoms. The van der Waals surface area contributed by atoms with Crippen LogP contribution in [0.4, 0.5) is 0 Å². The molecule has 0 aromatic carbocycles. The van der Waals surface area contributed by atoms with E-state index in [9.17, 15) is 14.4 Å². The largest absolute Gasteiger partial charge is 0.463 e. The summed E-state index contributed by atoms with van der Waals surface area (Å²) in [6.07, 6.45) is 4.76. The maximum absolute atomic E-state index is 13.7. The molecule has 1 fully saturated rings. The van der Waals surface area contributed by atoms with E-state index in [0.29, 0.717) is 18.7 Å². The Hall–Kier alpha value is -1.89. The standard InChI is InChI=1S/C26H47N3O4/c1-10-28(22(17(3)4)16-20(9)26(32)33-11-2)25(31)23(18(5)6)27-24(30)21-14-12-13-15-29(21)19(7)8/h16-19,21-23H,10-15H2,1-9H3,(H,27,30)/b20-16+/t21-,22?,23?/m1/s1. The van der Waals surface area contributed by atoms with Gasteiger partial charge in [0.15, 0.2) is 0 Å². The molecule has 2 amide bonds. The summed E-state index contributed by atoms with van der Waals surface area (Å²) in [4.78, 5) is 43.2. The first-order valence-corrected chi connectivity index (χ1v) is 12.7. The van der Waals surface area contributed by atoms with Crippen molar-refractivity contribution in [1.82, 2.24) is 15.1 Å². The molecule has 0 radical (unpaired) electrons. The van der Waals surface area contributed by atoms with Crippen molar-refractivity contribution < 1.29 is 19.1 Å². The maximum atomic E-state index is 13.7. The number of nitrogens with one attached hydrogen (secondary N) is 1. The van der Waals surface area contributed by atoms with E-state index in [-0.39, 0.29) is 47.7 Å². The number of hydrogen-bond donors (Lipinski definition) is 1. The van der Waals surface area contributed by atoms with E-state index in [4.69, 9.17) is 4.74 Å². The Balaban J connectivity index is 3.14. The fourth-order valence-corrected chi connectivity index (χ4v) is 4.52. The van der Waals surface area contributed by atoms with Gasteiger partial charge in [-0.3, -0.25) is 14.5 Å². The van der Waals surface area contributed by atoms with Gasteiger partial charge in [0.05, 0.1) is 18.7 Å². The summed E-state index contributed by atoms with van der Waals surface area (Å²) in [5.74, 6) is -0.511. The molecule has 1 heterocycles. The van der Waals surface area contributed by atoms with Crippen molar-refractivity contribution in [2.75, 3.05) is 19.7 Å². The molecule has 1 N–H and O–H groups in total. The first kappa shape index (κ1) is 29.1. The summed E-state index contributed by atoms with van der Waals surface area (Å²) in [6.45, 7) is 19.3. The number of carbonyl (C=O) groups excluding carboxylic acids is 3. The third-order valence-electron chi connectivity index (χ3n) is 6.43. The van der Waals surface area contributed by atoms with Crippen LogP contribution in [0.15, 0.2) is 11.6 Å². The highest BCUT2D eigenvalue weighted by Gasteiger charge is 2.36. The number of esters is 1. The minimum absolute atomic E-state index is 0.0606. The zero-order valence-electron chi connectivity index (χ0n) is 22.3. The number of piperidine rings is 1. The van der Waals surface area contributed by atoms with Crippen LogP contribution < -0.4 is 5.32 Å². The molecular weight excluding hydrogens is 418 g/mol. The molecule has 0 spiro atoms. The van der Waals surface area contributed by atoms with Crippen LogP contribution in [0.25, 0.3) is 0 Å². The molecule has 0 bridgehead atoms. The molecule has 0 aliphatic carbocycles. The van der Waals surface area contributed by atoms with Gasteiger partial charge in [-0.2, -0.15) is 0 Å². The van der Waals surface area contributed by atoms with Gasteiger partial charge in [0.25, 0.3) is 0 Å². The quantitative estimate of drug-likeness (QED) is 0.371. The average molecular weight is 466 g/mol. The lowest BCUT2D eigenvalue weighted by Crippen LogP contribution is -2.59. The number of amides is 2. The van der Waals surface area contributed by atoms with Crippen molar-refractivity contribution in [3.63, 3.8) is 0 Å². The molecule has 0 saturated carbocycles. The monoisotopic (exact) mass is 465 g/mol. The van der Waals surface area contributed by atoms with Gasteiger partial charge in [-0.25, -0.2) is 4.79 Å². The number of hydrogen-bond acceptors (Lipinski definition) is 5. The highest BCUT2D eigenvalue weighted by Crippen LogP contribution is 2.22. The van der Waals surface area contributed by atoms with Crippen molar-refractivity contribution in [2.24, 2.45) is 11.8 Å². The molecule has 33 heavy (non-hydrogen) atoms. The zero-order valence-corrected chi connectivity index (χ0v) is 22.3. The van der Waals surface area contributed by atoms with Crippen molar-refractivity contribution in [2.45, 2.75) is 106 Å². The van der Waals surface area contributed by atoms with Gasteiger partial charge in [-0.15, -0.1) is 0 Å². The fourth-order valence-electron chi connectivity index (χ4n) is 4.52. The van der Waals surface area contributed by atoms with Crippen LogP contribution in [0.5, 0.6) is 0 Å². The second-order valence-corrected chi connectivity index (χ2v) is 10.0. The molecule has 3 atom stereocenters. The van der Waals surface area contributed by atoms with Gasteiger partial charge in [-0.05, 0) is 65.8 Å². The van der Waals surface area contributed by atoms with Crippen LogP contribution in [-0.4, -0.2) is 71.4 Å². The van der Waals surface area contributed by atoms with Crippen molar-refractivity contribution in [3.05, 3.63) is 11.6 Å². The molecule has 1 aliphatic rings. The van der Waals surface area contributed by atoms with E-state index in [1.54, 1.807) is 18.7 Å². The summed E-state index contributed by atoms with van der Waals surface area (Å²) in [7, 11) is 0. The van der Waals surface area contributed by atoms with Crippen molar-refractivity contribution in [1.29, 1.82) is 0 Å². The Bertz CT molecular complexity index is 687. The van der Waals surface area contributed by atoms with Gasteiger partial charge < -0.3 is 15.0 Å². The lowest BCUT2D eigenvalue weighted by molar-refractivity contribution is -0.141. The second-order valence-electron chi connectivity index (χ2n) is 10.0. The van der Waals surface area contributed by atoms with E-state index in [2.05, 4.69) is 24.1 Å². The summed E-state index contributed by atoms with van der Waals surface area (Å²) < 4.78 is 5.12. The van der Waals surface area contributed by atoms with E-state index < -0.39 is 6.04 Å². The van der Waals surface area contributed by atoms with Gasteiger partial charge in [0.1, 0.15) is 6.04 Å². The number of rotatable bonds is 11. The predicted octanol–water partition coefficient (Wildman–Crippen LogP) is 3.77.